The zero-order valence-corrected chi connectivity index (χ0v) is 10.7. The van der Waals surface area contributed by atoms with Crippen LogP contribution in [0.25, 0.3) is 6.08 Å². The van der Waals surface area contributed by atoms with E-state index in [4.69, 9.17) is 11.6 Å². The number of isothiocyanates is 1. The molecule has 3 nitrogen and oxygen atoms in total. The third kappa shape index (κ3) is 4.49. The van der Waals surface area contributed by atoms with Crippen LogP contribution in [-0.2, 0) is 9.53 Å². The van der Waals surface area contributed by atoms with Gasteiger partial charge in [-0.1, -0.05) is 29.8 Å². The molecule has 0 saturated carbocycles. The Balaban J connectivity index is 2.77. The molecule has 0 fully saturated rings. The van der Waals surface area contributed by atoms with Crippen molar-refractivity contribution >= 4 is 46.7 Å². The summed E-state index contributed by atoms with van der Waals surface area (Å²) in [5.74, 6) is -0.283. The highest BCUT2D eigenvalue weighted by atomic mass is 35.5. The molecule has 0 atom stereocenters. The van der Waals surface area contributed by atoms with Crippen molar-refractivity contribution in [2.24, 2.45) is 4.99 Å². The summed E-state index contributed by atoms with van der Waals surface area (Å²) in [5.41, 5.74) is 1.45. The van der Waals surface area contributed by atoms with Gasteiger partial charge in [-0.25, -0.2) is 0 Å². The lowest BCUT2D eigenvalue weighted by Gasteiger charge is -1.98. The summed E-state index contributed by atoms with van der Waals surface area (Å²) in [6.07, 6.45) is 3.72. The van der Waals surface area contributed by atoms with Crippen molar-refractivity contribution in [3.05, 3.63) is 34.9 Å². The second-order valence-electron chi connectivity index (χ2n) is 3.10. The van der Waals surface area contributed by atoms with E-state index in [1.165, 1.54) is 7.11 Å². The Labute approximate surface area is 110 Å². The number of esters is 1. The Bertz CT molecular complexity index is 493. The molecule has 0 aliphatic carbocycles. The van der Waals surface area contributed by atoms with Gasteiger partial charge in [-0.15, -0.1) is 0 Å². The van der Waals surface area contributed by atoms with Crippen LogP contribution in [0.1, 0.15) is 12.0 Å². The van der Waals surface area contributed by atoms with Crippen LogP contribution < -0.4 is 0 Å². The van der Waals surface area contributed by atoms with Crippen LogP contribution in [-0.4, -0.2) is 18.2 Å². The Morgan fingerprint density at radius 2 is 2.41 bits per heavy atom. The SMILES string of the molecule is COC(=O)CC=Cc1ccc(N=C=S)c(Cl)c1. The molecule has 0 radical (unpaired) electrons. The van der Waals surface area contributed by atoms with Gasteiger partial charge in [-0.3, -0.25) is 4.79 Å². The summed E-state index contributed by atoms with van der Waals surface area (Å²) in [6.45, 7) is 0. The summed E-state index contributed by atoms with van der Waals surface area (Å²) in [5, 5.41) is 2.74. The van der Waals surface area contributed by atoms with Crippen molar-refractivity contribution in [3.63, 3.8) is 0 Å². The number of halogens is 1. The predicted octanol–water partition coefficient (Wildman–Crippen LogP) is 3.65. The van der Waals surface area contributed by atoms with E-state index in [9.17, 15) is 4.79 Å². The fraction of sp³-hybridized carbons (Fsp3) is 0.167. The number of aliphatic imine (C=N–C) groups is 1. The van der Waals surface area contributed by atoms with Crippen molar-refractivity contribution in [3.8, 4) is 0 Å². The molecule has 0 bridgehead atoms. The predicted molar refractivity (Wildman–Crippen MR) is 71.8 cm³/mol. The highest BCUT2D eigenvalue weighted by Crippen LogP contribution is 2.25. The molecule has 0 amide bonds. The molecule has 88 valence electrons. The van der Waals surface area contributed by atoms with Crippen LogP contribution in [0, 0.1) is 0 Å². The Morgan fingerprint density at radius 3 is 3.00 bits per heavy atom. The maximum Gasteiger partial charge on any atom is 0.309 e. The molecule has 5 heteroatoms. The minimum atomic E-state index is -0.283. The largest absolute Gasteiger partial charge is 0.469 e. The molecule has 1 rings (SSSR count). The van der Waals surface area contributed by atoms with Gasteiger partial charge < -0.3 is 4.74 Å². The molecule has 1 aromatic rings. The van der Waals surface area contributed by atoms with E-state index < -0.39 is 0 Å². The van der Waals surface area contributed by atoms with Gasteiger partial charge in [0, 0.05) is 0 Å². The molecule has 0 unspecified atom stereocenters. The molecule has 0 spiro atoms. The number of nitrogens with zero attached hydrogens (tertiary/aromatic N) is 1. The number of thiocarbonyl (C=S) groups is 1. The first kappa shape index (κ1) is 13.6. The van der Waals surface area contributed by atoms with Gasteiger partial charge in [-0.2, -0.15) is 4.99 Å². The number of hydrogen-bond acceptors (Lipinski definition) is 4. The molecule has 1 aromatic carbocycles. The summed E-state index contributed by atoms with van der Waals surface area (Å²) in [6, 6.07) is 5.30. The first-order chi connectivity index (χ1) is 8.17. The summed E-state index contributed by atoms with van der Waals surface area (Å²) < 4.78 is 4.51. The standard InChI is InChI=1S/C12H10ClNO2S/c1-16-12(15)4-2-3-9-5-6-11(14-8-17)10(13)7-9/h2-3,5-7H,4H2,1H3. The smallest absolute Gasteiger partial charge is 0.309 e. The quantitative estimate of drug-likeness (QED) is 0.475. The molecule has 0 aromatic heterocycles. The van der Waals surface area contributed by atoms with Crippen molar-refractivity contribution in [1.29, 1.82) is 0 Å². The van der Waals surface area contributed by atoms with Gasteiger partial charge in [0.2, 0.25) is 0 Å². The Morgan fingerprint density at radius 1 is 1.65 bits per heavy atom. The van der Waals surface area contributed by atoms with Crippen LogP contribution in [0.15, 0.2) is 29.3 Å². The van der Waals surface area contributed by atoms with Crippen LogP contribution >= 0.6 is 23.8 Å². The maximum atomic E-state index is 10.9. The lowest BCUT2D eigenvalue weighted by Crippen LogP contribution is -1.96. The average molecular weight is 268 g/mol. The number of benzene rings is 1. The van der Waals surface area contributed by atoms with E-state index in [0.717, 1.165) is 5.56 Å². The van der Waals surface area contributed by atoms with E-state index in [1.807, 2.05) is 6.07 Å². The van der Waals surface area contributed by atoms with Crippen LogP contribution in [0.5, 0.6) is 0 Å². The lowest BCUT2D eigenvalue weighted by molar-refractivity contribution is -0.139. The first-order valence-corrected chi connectivity index (χ1v) is 5.56. The monoisotopic (exact) mass is 267 g/mol. The van der Waals surface area contributed by atoms with E-state index in [0.29, 0.717) is 10.7 Å². The van der Waals surface area contributed by atoms with E-state index in [1.54, 1.807) is 24.3 Å². The fourth-order valence-electron chi connectivity index (χ4n) is 1.14. The van der Waals surface area contributed by atoms with Gasteiger partial charge in [-0.05, 0) is 29.9 Å². The third-order valence-corrected chi connectivity index (χ3v) is 2.35. The number of ether oxygens (including phenoxy) is 1. The molecular formula is C12H10ClNO2S. The second-order valence-corrected chi connectivity index (χ2v) is 3.69. The third-order valence-electron chi connectivity index (χ3n) is 1.96. The minimum Gasteiger partial charge on any atom is -0.469 e. The molecule has 0 aliphatic rings. The lowest BCUT2D eigenvalue weighted by atomic mass is 10.2. The average Bonchev–Trinajstić information content (AvgIpc) is 2.32. The number of carbonyl (C=O) groups is 1. The Kier molecular flexibility index (Phi) is 5.57. The molecule has 0 aliphatic heterocycles. The molecule has 0 heterocycles. The molecular weight excluding hydrogens is 258 g/mol. The van der Waals surface area contributed by atoms with Crippen molar-refractivity contribution in [1.82, 2.24) is 0 Å². The van der Waals surface area contributed by atoms with Gasteiger partial charge in [0.1, 0.15) is 0 Å². The van der Waals surface area contributed by atoms with E-state index >= 15 is 0 Å². The van der Waals surface area contributed by atoms with Crippen LogP contribution in [0.3, 0.4) is 0 Å². The zero-order chi connectivity index (χ0) is 12.7. The molecule has 0 saturated heterocycles. The molecule has 0 N–H and O–H groups in total. The van der Waals surface area contributed by atoms with Gasteiger partial charge in [0.05, 0.1) is 29.4 Å². The number of rotatable bonds is 4. The molecule has 17 heavy (non-hydrogen) atoms. The number of methoxy groups -OCH3 is 1. The maximum absolute atomic E-state index is 10.9. The topological polar surface area (TPSA) is 38.7 Å². The second kappa shape index (κ2) is 6.97. The Hall–Kier alpha value is -1.48. The van der Waals surface area contributed by atoms with Gasteiger partial charge in [0.15, 0.2) is 0 Å². The van der Waals surface area contributed by atoms with Gasteiger partial charge in [0.25, 0.3) is 0 Å². The van der Waals surface area contributed by atoms with Crippen LogP contribution in [0.2, 0.25) is 5.02 Å². The minimum absolute atomic E-state index is 0.230. The number of hydrogen-bond donors (Lipinski definition) is 0. The van der Waals surface area contributed by atoms with Crippen molar-refractivity contribution in [2.75, 3.05) is 7.11 Å². The van der Waals surface area contributed by atoms with Crippen molar-refractivity contribution < 1.29 is 9.53 Å². The highest BCUT2D eigenvalue weighted by Gasteiger charge is 1.99. The van der Waals surface area contributed by atoms with Gasteiger partial charge >= 0.3 is 5.97 Å². The normalized spacial score (nSPS) is 10.0. The summed E-state index contributed by atoms with van der Waals surface area (Å²) >= 11 is 10.5. The first-order valence-electron chi connectivity index (χ1n) is 4.78. The zero-order valence-electron chi connectivity index (χ0n) is 9.14. The number of carbonyl (C=O) groups excluding carboxylic acids is 1. The summed E-state index contributed by atoms with van der Waals surface area (Å²) in [7, 11) is 1.35. The summed E-state index contributed by atoms with van der Waals surface area (Å²) in [4.78, 5) is 14.7. The highest BCUT2D eigenvalue weighted by molar-refractivity contribution is 7.78. The van der Waals surface area contributed by atoms with Crippen molar-refractivity contribution in [2.45, 2.75) is 6.42 Å². The van der Waals surface area contributed by atoms with E-state index in [-0.39, 0.29) is 12.4 Å². The fourth-order valence-corrected chi connectivity index (χ4v) is 1.47. The van der Waals surface area contributed by atoms with E-state index in [2.05, 4.69) is 27.1 Å². The van der Waals surface area contributed by atoms with Crippen LogP contribution in [0.4, 0.5) is 5.69 Å².